The number of rotatable bonds is 8. The van der Waals surface area contributed by atoms with E-state index in [4.69, 9.17) is 15.9 Å². The van der Waals surface area contributed by atoms with E-state index in [0.717, 1.165) is 29.2 Å². The Morgan fingerprint density at radius 3 is 2.50 bits per heavy atom. The van der Waals surface area contributed by atoms with E-state index in [9.17, 15) is 0 Å². The fraction of sp³-hybridized carbons (Fsp3) is 0.276. The van der Waals surface area contributed by atoms with Gasteiger partial charge in [0, 0.05) is 36.6 Å². The minimum absolute atomic E-state index is 0.0935. The Kier molecular flexibility index (Phi) is 8.55. The Bertz CT molecular complexity index is 1250. The lowest BCUT2D eigenvalue weighted by molar-refractivity contribution is 0.355. The van der Waals surface area contributed by atoms with Gasteiger partial charge in [0.1, 0.15) is 5.69 Å². The molecule has 1 atom stereocenters. The smallest absolute Gasteiger partial charge is 0.191 e. The number of benzene rings is 2. The van der Waals surface area contributed by atoms with Gasteiger partial charge in [0.2, 0.25) is 0 Å². The summed E-state index contributed by atoms with van der Waals surface area (Å²) in [5.74, 6) is 0.417. The molecule has 1 heterocycles. The van der Waals surface area contributed by atoms with Gasteiger partial charge in [0.05, 0.1) is 26.5 Å². The zero-order valence-electron chi connectivity index (χ0n) is 21.3. The quantitative estimate of drug-likeness (QED) is 0.306. The summed E-state index contributed by atoms with van der Waals surface area (Å²) in [4.78, 5) is 7.68. The van der Waals surface area contributed by atoms with Gasteiger partial charge in [-0.2, -0.15) is 0 Å². The first-order chi connectivity index (χ1) is 17.2. The van der Waals surface area contributed by atoms with Crippen molar-refractivity contribution in [2.75, 3.05) is 32.7 Å². The molecule has 0 spiro atoms. The number of aliphatic imine (C=N–C) groups is 1. The highest BCUT2D eigenvalue weighted by atomic mass is 19.1. The van der Waals surface area contributed by atoms with Gasteiger partial charge in [-0.15, -0.1) is 6.42 Å². The third kappa shape index (κ3) is 5.44. The average Bonchev–Trinajstić information content (AvgIpc) is 3.04. The van der Waals surface area contributed by atoms with Gasteiger partial charge < -0.3 is 19.3 Å². The molecule has 0 bridgehead atoms. The molecule has 7 heteroatoms. The standard InChI is InChI=1S/C29H31F2N3O2/c1-8-14-34(29-27(30)25(35-6)17-26(36-7)28(29)31)23-12-13-24(32-4)22(16-23)15-19(2)21-11-9-10-20(3)33(5)18-21/h1,9,11-13,15-18,20H,4,10,14H2,2-3,5-7H3. The largest absolute Gasteiger partial charge is 0.493 e. The topological polar surface area (TPSA) is 37.3 Å². The van der Waals surface area contributed by atoms with Crippen LogP contribution in [0.25, 0.3) is 6.08 Å². The summed E-state index contributed by atoms with van der Waals surface area (Å²) in [6, 6.07) is 6.77. The number of hydrogen-bond acceptors (Lipinski definition) is 5. The number of terminal acetylenes is 1. The van der Waals surface area contributed by atoms with E-state index in [1.165, 1.54) is 19.1 Å². The van der Waals surface area contributed by atoms with Crippen LogP contribution in [-0.4, -0.2) is 45.5 Å². The van der Waals surface area contributed by atoms with Crippen LogP contribution in [-0.2, 0) is 0 Å². The first-order valence-corrected chi connectivity index (χ1v) is 11.5. The predicted molar refractivity (Wildman–Crippen MR) is 144 cm³/mol. The molecule has 36 heavy (non-hydrogen) atoms. The lowest BCUT2D eigenvalue weighted by Crippen LogP contribution is -2.22. The van der Waals surface area contributed by atoms with E-state index in [1.54, 1.807) is 18.2 Å². The molecule has 188 valence electrons. The average molecular weight is 492 g/mol. The van der Waals surface area contributed by atoms with E-state index in [-0.39, 0.29) is 23.7 Å². The molecule has 0 aromatic heterocycles. The van der Waals surface area contributed by atoms with Crippen LogP contribution < -0.4 is 14.4 Å². The van der Waals surface area contributed by atoms with Crippen LogP contribution in [0.15, 0.2) is 58.8 Å². The van der Waals surface area contributed by atoms with Crippen molar-refractivity contribution in [3.05, 3.63) is 71.0 Å². The monoisotopic (exact) mass is 491 g/mol. The molecular formula is C29H31F2N3O2. The van der Waals surface area contributed by atoms with Crippen molar-refractivity contribution in [3.63, 3.8) is 0 Å². The molecule has 0 saturated heterocycles. The van der Waals surface area contributed by atoms with Crippen molar-refractivity contribution in [1.82, 2.24) is 4.90 Å². The van der Waals surface area contributed by atoms with Gasteiger partial charge >= 0.3 is 0 Å². The van der Waals surface area contributed by atoms with Crippen LogP contribution >= 0.6 is 0 Å². The molecule has 2 aromatic rings. The number of hydrogen-bond donors (Lipinski definition) is 0. The van der Waals surface area contributed by atoms with E-state index < -0.39 is 11.6 Å². The number of halogens is 2. The second-order valence-electron chi connectivity index (χ2n) is 8.51. The molecule has 1 aliphatic heterocycles. The molecule has 1 unspecified atom stereocenters. The van der Waals surface area contributed by atoms with Crippen LogP contribution in [0.5, 0.6) is 11.5 Å². The number of methoxy groups -OCH3 is 2. The maximum Gasteiger partial charge on any atom is 0.191 e. The number of anilines is 2. The highest BCUT2D eigenvalue weighted by Gasteiger charge is 2.26. The van der Waals surface area contributed by atoms with E-state index in [2.05, 4.69) is 47.8 Å². The summed E-state index contributed by atoms with van der Waals surface area (Å²) in [5, 5.41) is 0. The van der Waals surface area contributed by atoms with Crippen LogP contribution in [0.1, 0.15) is 25.8 Å². The summed E-state index contributed by atoms with van der Waals surface area (Å²) in [7, 11) is 4.65. The Balaban J connectivity index is 2.16. The molecule has 0 radical (unpaired) electrons. The van der Waals surface area contributed by atoms with E-state index in [0.29, 0.717) is 17.4 Å². The Labute approximate surface area is 212 Å². The molecule has 0 aliphatic carbocycles. The Morgan fingerprint density at radius 1 is 1.25 bits per heavy atom. The minimum atomic E-state index is -0.879. The van der Waals surface area contributed by atoms with Gasteiger partial charge in [-0.25, -0.2) is 8.78 Å². The zero-order valence-corrected chi connectivity index (χ0v) is 21.3. The minimum Gasteiger partial charge on any atom is -0.493 e. The first kappa shape index (κ1) is 26.6. The Hall–Kier alpha value is -4.05. The first-order valence-electron chi connectivity index (χ1n) is 11.5. The van der Waals surface area contributed by atoms with Crippen LogP contribution in [0.3, 0.4) is 0 Å². The molecule has 1 aliphatic rings. The molecule has 0 saturated carbocycles. The summed E-state index contributed by atoms with van der Waals surface area (Å²) in [6.07, 6.45) is 14.9. The second kappa shape index (κ2) is 11.6. The number of nitrogens with zero attached hydrogens (tertiary/aromatic N) is 3. The third-order valence-corrected chi connectivity index (χ3v) is 6.20. The fourth-order valence-corrected chi connectivity index (χ4v) is 3.97. The van der Waals surface area contributed by atoms with Crippen LogP contribution in [0.2, 0.25) is 0 Å². The van der Waals surface area contributed by atoms with Gasteiger partial charge in [-0.1, -0.05) is 18.1 Å². The van der Waals surface area contributed by atoms with Gasteiger partial charge in [0.25, 0.3) is 0 Å². The molecule has 5 nitrogen and oxygen atoms in total. The molecule has 2 aromatic carbocycles. The Morgan fingerprint density at radius 2 is 1.92 bits per heavy atom. The van der Waals surface area contributed by atoms with Crippen molar-refractivity contribution >= 4 is 29.9 Å². The van der Waals surface area contributed by atoms with Crippen molar-refractivity contribution < 1.29 is 18.3 Å². The predicted octanol–water partition coefficient (Wildman–Crippen LogP) is 6.65. The molecule has 3 rings (SSSR count). The molecular weight excluding hydrogens is 460 g/mol. The van der Waals surface area contributed by atoms with Crippen molar-refractivity contribution in [2.24, 2.45) is 4.99 Å². The molecule has 0 fully saturated rings. The third-order valence-electron chi connectivity index (χ3n) is 6.20. The lowest BCUT2D eigenvalue weighted by atomic mass is 10.0. The van der Waals surface area contributed by atoms with Crippen molar-refractivity contribution in [2.45, 2.75) is 26.3 Å². The number of ether oxygens (including phenoxy) is 2. The van der Waals surface area contributed by atoms with Gasteiger partial charge in [-0.05, 0) is 62.4 Å². The number of allylic oxidation sites excluding steroid dienone is 3. The van der Waals surface area contributed by atoms with Crippen molar-refractivity contribution in [1.29, 1.82) is 0 Å². The van der Waals surface area contributed by atoms with E-state index >= 15 is 8.78 Å². The maximum absolute atomic E-state index is 15.3. The van der Waals surface area contributed by atoms with Crippen LogP contribution in [0.4, 0.5) is 25.8 Å². The van der Waals surface area contributed by atoms with Crippen LogP contribution in [0, 0.1) is 24.0 Å². The van der Waals surface area contributed by atoms with Gasteiger partial charge in [-0.3, -0.25) is 4.99 Å². The summed E-state index contributed by atoms with van der Waals surface area (Å²) < 4.78 is 40.9. The summed E-state index contributed by atoms with van der Waals surface area (Å²) in [5.41, 5.74) is 3.52. The fourth-order valence-electron chi connectivity index (χ4n) is 3.97. The highest BCUT2D eigenvalue weighted by molar-refractivity contribution is 5.77. The molecule has 0 N–H and O–H groups in total. The van der Waals surface area contributed by atoms with E-state index in [1.807, 2.05) is 20.0 Å². The highest BCUT2D eigenvalue weighted by Crippen LogP contribution is 2.41. The zero-order chi connectivity index (χ0) is 26.4. The SMILES string of the molecule is C#CCN(c1ccc(N=C)c(C=C(C)C2=CN(C)C(C)CC=C2)c1)c1c(F)c(OC)cc(OC)c1F. The molecule has 0 amide bonds. The summed E-state index contributed by atoms with van der Waals surface area (Å²) in [6.45, 7) is 7.75. The lowest BCUT2D eigenvalue weighted by Gasteiger charge is -2.26. The normalized spacial score (nSPS) is 15.6. The van der Waals surface area contributed by atoms with Crippen molar-refractivity contribution in [3.8, 4) is 23.8 Å². The maximum atomic E-state index is 15.3. The van der Waals surface area contributed by atoms with Gasteiger partial charge in [0.15, 0.2) is 23.1 Å². The summed E-state index contributed by atoms with van der Waals surface area (Å²) >= 11 is 0. The second-order valence-corrected chi connectivity index (χ2v) is 8.51.